The molecule has 2 rings (SSSR count). The summed E-state index contributed by atoms with van der Waals surface area (Å²) < 4.78 is 26.9. The second-order valence-electron chi connectivity index (χ2n) is 5.31. The Morgan fingerprint density at radius 2 is 1.79 bits per heavy atom. The normalized spacial score (nSPS) is 11.3. The van der Waals surface area contributed by atoms with E-state index in [1.54, 1.807) is 30.3 Å². The van der Waals surface area contributed by atoms with Crippen molar-refractivity contribution in [1.82, 2.24) is 0 Å². The highest BCUT2D eigenvalue weighted by atomic mass is 35.5. The van der Waals surface area contributed by atoms with Crippen molar-refractivity contribution in [2.45, 2.75) is 25.2 Å². The molecule has 0 atom stereocenters. The summed E-state index contributed by atoms with van der Waals surface area (Å²) >= 11 is 6.16. The van der Waals surface area contributed by atoms with Crippen molar-refractivity contribution < 1.29 is 18.3 Å². The van der Waals surface area contributed by atoms with E-state index in [0.29, 0.717) is 17.0 Å². The van der Waals surface area contributed by atoms with Gasteiger partial charge in [-0.1, -0.05) is 42.3 Å². The van der Waals surface area contributed by atoms with Gasteiger partial charge in [0, 0.05) is 5.02 Å². The number of aliphatic carboxylic acids is 1. The Balaban J connectivity index is 2.63. The van der Waals surface area contributed by atoms with Crippen LogP contribution >= 0.6 is 11.6 Å². The average Bonchev–Trinajstić information content (AvgIpc) is 2.52. The van der Waals surface area contributed by atoms with Crippen molar-refractivity contribution in [3.8, 4) is 0 Å². The predicted octanol–water partition coefficient (Wildman–Crippen LogP) is 3.49. The van der Waals surface area contributed by atoms with Gasteiger partial charge in [0.05, 0.1) is 10.6 Å². The van der Waals surface area contributed by atoms with Crippen molar-refractivity contribution >= 4 is 33.3 Å². The van der Waals surface area contributed by atoms with Crippen LogP contribution in [0, 0.1) is 6.92 Å². The summed E-state index contributed by atoms with van der Waals surface area (Å²) in [6.07, 6.45) is 0.481. The first-order valence-electron chi connectivity index (χ1n) is 7.36. The molecule has 24 heavy (non-hydrogen) atoms. The van der Waals surface area contributed by atoms with Gasteiger partial charge in [-0.25, -0.2) is 8.42 Å². The van der Waals surface area contributed by atoms with Crippen molar-refractivity contribution in [3.63, 3.8) is 0 Å². The van der Waals surface area contributed by atoms with Gasteiger partial charge in [-0.2, -0.15) is 0 Å². The lowest BCUT2D eigenvalue weighted by Gasteiger charge is -2.25. The Morgan fingerprint density at radius 3 is 2.33 bits per heavy atom. The number of benzene rings is 2. The number of anilines is 1. The van der Waals surface area contributed by atoms with Crippen LogP contribution < -0.4 is 4.31 Å². The molecule has 0 aliphatic rings. The molecule has 7 heteroatoms. The summed E-state index contributed by atoms with van der Waals surface area (Å²) in [5.41, 5.74) is 1.79. The van der Waals surface area contributed by atoms with Crippen molar-refractivity contribution in [1.29, 1.82) is 0 Å². The van der Waals surface area contributed by atoms with Crippen LogP contribution in [0.4, 0.5) is 5.69 Å². The molecule has 0 heterocycles. The van der Waals surface area contributed by atoms with E-state index in [9.17, 15) is 18.3 Å². The fourth-order valence-electron chi connectivity index (χ4n) is 2.39. The van der Waals surface area contributed by atoms with Gasteiger partial charge in [0.1, 0.15) is 6.54 Å². The van der Waals surface area contributed by atoms with Crippen LogP contribution in [-0.4, -0.2) is 26.0 Å². The van der Waals surface area contributed by atoms with Crippen molar-refractivity contribution in [2.24, 2.45) is 0 Å². The van der Waals surface area contributed by atoms with E-state index in [2.05, 4.69) is 0 Å². The zero-order valence-electron chi connectivity index (χ0n) is 13.4. The standard InChI is InChI=1S/C17H18ClNO4S/c1-3-14-15(18)5-4-6-16(14)19(11-17(20)21)24(22,23)13-9-7-12(2)8-10-13/h4-10H,3,11H2,1-2H3,(H,20,21). The first-order chi connectivity index (χ1) is 11.3. The van der Waals surface area contributed by atoms with Gasteiger partial charge >= 0.3 is 5.97 Å². The Morgan fingerprint density at radius 1 is 1.17 bits per heavy atom. The van der Waals surface area contributed by atoms with E-state index in [1.165, 1.54) is 12.1 Å². The van der Waals surface area contributed by atoms with Crippen molar-refractivity contribution in [2.75, 3.05) is 10.8 Å². The number of carboxylic acid groups (broad SMARTS) is 1. The lowest BCUT2D eigenvalue weighted by Crippen LogP contribution is -2.36. The first-order valence-corrected chi connectivity index (χ1v) is 9.17. The topological polar surface area (TPSA) is 74.7 Å². The molecule has 2 aromatic carbocycles. The number of carboxylic acids is 1. The maximum Gasteiger partial charge on any atom is 0.324 e. The molecule has 0 amide bonds. The van der Waals surface area contributed by atoms with E-state index in [1.807, 2.05) is 13.8 Å². The molecule has 128 valence electrons. The van der Waals surface area contributed by atoms with Crippen molar-refractivity contribution in [3.05, 3.63) is 58.6 Å². The Labute approximate surface area is 146 Å². The number of rotatable bonds is 6. The molecule has 0 fully saturated rings. The third-order valence-electron chi connectivity index (χ3n) is 3.60. The van der Waals surface area contributed by atoms with Gasteiger partial charge in [0.15, 0.2) is 0 Å². The number of aryl methyl sites for hydroxylation is 1. The Kier molecular flexibility index (Phi) is 5.51. The van der Waals surface area contributed by atoms with E-state index in [0.717, 1.165) is 9.87 Å². The van der Waals surface area contributed by atoms with Gasteiger partial charge in [0.2, 0.25) is 0 Å². The molecule has 5 nitrogen and oxygen atoms in total. The molecule has 0 aliphatic heterocycles. The molecular formula is C17H18ClNO4S. The summed E-state index contributed by atoms with van der Waals surface area (Å²) in [6, 6.07) is 11.1. The van der Waals surface area contributed by atoms with E-state index in [-0.39, 0.29) is 10.6 Å². The average molecular weight is 368 g/mol. The molecule has 0 spiro atoms. The summed E-state index contributed by atoms with van der Waals surface area (Å²) in [6.45, 7) is 3.00. The lowest BCUT2D eigenvalue weighted by molar-refractivity contribution is -0.135. The molecule has 0 saturated heterocycles. The van der Waals surface area contributed by atoms with Gasteiger partial charge in [-0.15, -0.1) is 0 Å². The minimum atomic E-state index is -4.02. The van der Waals surface area contributed by atoms with Crippen LogP contribution in [0.15, 0.2) is 47.4 Å². The van der Waals surface area contributed by atoms with Crippen LogP contribution in [0.1, 0.15) is 18.1 Å². The highest BCUT2D eigenvalue weighted by Crippen LogP contribution is 2.31. The molecule has 2 aromatic rings. The molecule has 0 bridgehead atoms. The minimum Gasteiger partial charge on any atom is -0.480 e. The molecular weight excluding hydrogens is 350 g/mol. The number of carbonyl (C=O) groups is 1. The highest BCUT2D eigenvalue weighted by molar-refractivity contribution is 7.92. The largest absolute Gasteiger partial charge is 0.480 e. The first kappa shape index (κ1) is 18.3. The molecule has 0 unspecified atom stereocenters. The van der Waals surface area contributed by atoms with Gasteiger partial charge in [-0.05, 0) is 43.2 Å². The monoisotopic (exact) mass is 367 g/mol. The third-order valence-corrected chi connectivity index (χ3v) is 5.73. The zero-order chi connectivity index (χ0) is 17.9. The number of sulfonamides is 1. The van der Waals surface area contributed by atoms with E-state index >= 15 is 0 Å². The molecule has 0 radical (unpaired) electrons. The number of halogens is 1. The molecule has 1 N–H and O–H groups in total. The summed E-state index contributed by atoms with van der Waals surface area (Å²) in [7, 11) is -4.02. The number of hydrogen-bond acceptors (Lipinski definition) is 3. The Hall–Kier alpha value is -2.05. The maximum absolute atomic E-state index is 13.0. The summed E-state index contributed by atoms with van der Waals surface area (Å²) in [5.74, 6) is -1.24. The smallest absolute Gasteiger partial charge is 0.324 e. The summed E-state index contributed by atoms with van der Waals surface area (Å²) in [5, 5.41) is 9.60. The molecule has 0 aromatic heterocycles. The zero-order valence-corrected chi connectivity index (χ0v) is 14.9. The quantitative estimate of drug-likeness (QED) is 0.848. The van der Waals surface area contributed by atoms with Gasteiger partial charge in [0.25, 0.3) is 10.0 Å². The SMILES string of the molecule is CCc1c(Cl)cccc1N(CC(=O)O)S(=O)(=O)c1ccc(C)cc1. The predicted molar refractivity (Wildman–Crippen MR) is 94.2 cm³/mol. The minimum absolute atomic E-state index is 0.0383. The highest BCUT2D eigenvalue weighted by Gasteiger charge is 2.29. The van der Waals surface area contributed by atoms with Crippen LogP contribution in [0.3, 0.4) is 0 Å². The summed E-state index contributed by atoms with van der Waals surface area (Å²) in [4.78, 5) is 11.3. The lowest BCUT2D eigenvalue weighted by atomic mass is 10.1. The fraction of sp³-hybridized carbons (Fsp3) is 0.235. The fourth-order valence-corrected chi connectivity index (χ4v) is 4.14. The van der Waals surface area contributed by atoms with Crippen LogP contribution in [-0.2, 0) is 21.2 Å². The van der Waals surface area contributed by atoms with Gasteiger partial charge in [-0.3, -0.25) is 9.10 Å². The van der Waals surface area contributed by atoms with Crippen LogP contribution in [0.25, 0.3) is 0 Å². The molecule has 0 aliphatic carbocycles. The van der Waals surface area contributed by atoms with E-state index in [4.69, 9.17) is 11.6 Å². The van der Waals surface area contributed by atoms with Crippen LogP contribution in [0.5, 0.6) is 0 Å². The third kappa shape index (κ3) is 3.71. The number of hydrogen-bond donors (Lipinski definition) is 1. The maximum atomic E-state index is 13.0. The van der Waals surface area contributed by atoms with E-state index < -0.39 is 22.5 Å². The second kappa shape index (κ2) is 7.23. The van der Waals surface area contributed by atoms with Crippen LogP contribution in [0.2, 0.25) is 5.02 Å². The Bertz CT molecular complexity index is 847. The van der Waals surface area contributed by atoms with Gasteiger partial charge < -0.3 is 5.11 Å². The number of nitrogens with zero attached hydrogens (tertiary/aromatic N) is 1. The molecule has 0 saturated carbocycles. The second-order valence-corrected chi connectivity index (χ2v) is 7.58.